The van der Waals surface area contributed by atoms with Crippen LogP contribution in [0, 0.1) is 11.8 Å². The van der Waals surface area contributed by atoms with Gasteiger partial charge in [-0.2, -0.15) is 0 Å². The van der Waals surface area contributed by atoms with Gasteiger partial charge in [-0.25, -0.2) is 18.4 Å². The van der Waals surface area contributed by atoms with Gasteiger partial charge in [0.1, 0.15) is 5.82 Å². The fourth-order valence-electron chi connectivity index (χ4n) is 5.34. The Morgan fingerprint density at radius 1 is 1.05 bits per heavy atom. The number of hydrogen-bond donors (Lipinski definition) is 2. The summed E-state index contributed by atoms with van der Waals surface area (Å²) in [6.45, 7) is 2.40. The third-order valence-corrected chi connectivity index (χ3v) is 9.36. The lowest BCUT2D eigenvalue weighted by Crippen LogP contribution is -2.40. The third kappa shape index (κ3) is 4.77. The molecule has 3 saturated carbocycles. The van der Waals surface area contributed by atoms with Crippen LogP contribution in [-0.2, 0) is 20.2 Å². The van der Waals surface area contributed by atoms with E-state index in [0.717, 1.165) is 12.0 Å². The van der Waals surface area contributed by atoms with Crippen molar-refractivity contribution < 1.29 is 17.9 Å². The van der Waals surface area contributed by atoms with E-state index in [1.165, 1.54) is 0 Å². The summed E-state index contributed by atoms with van der Waals surface area (Å²) in [6.07, 6.45) is 7.17. The predicted molar refractivity (Wildman–Crippen MR) is 140 cm³/mol. The first kappa shape index (κ1) is 23.8. The lowest BCUT2D eigenvalue weighted by atomic mass is 9.78. The number of rotatable bonds is 9. The van der Waals surface area contributed by atoms with Gasteiger partial charge in [0.2, 0.25) is 21.8 Å². The average molecular weight is 520 g/mol. The van der Waals surface area contributed by atoms with Crippen LogP contribution in [0.3, 0.4) is 0 Å². The number of nitrogens with one attached hydrogen (secondary N) is 2. The number of carbonyl (C=O) groups excluding carboxylic acids is 1. The molecule has 2 unspecified atom stereocenters. The van der Waals surface area contributed by atoms with E-state index in [9.17, 15) is 13.2 Å². The van der Waals surface area contributed by atoms with Crippen molar-refractivity contribution in [2.45, 2.75) is 49.7 Å². The first-order chi connectivity index (χ1) is 17.9. The molecule has 2 aromatic heterocycles. The maximum atomic E-state index is 13.8. The number of fused-ring (bicyclic) bond motifs is 1. The van der Waals surface area contributed by atoms with E-state index < -0.39 is 15.4 Å². The minimum Gasteiger partial charge on any atom is -0.477 e. The van der Waals surface area contributed by atoms with Crippen LogP contribution in [0.5, 0.6) is 5.88 Å². The molecule has 0 bridgehead atoms. The molecule has 0 saturated heterocycles. The van der Waals surface area contributed by atoms with Crippen LogP contribution >= 0.6 is 0 Å². The number of pyridine rings is 1. The number of sulfonamides is 1. The smallest absolute Gasteiger partial charge is 0.236 e. The summed E-state index contributed by atoms with van der Waals surface area (Å²) < 4.78 is 32.9. The molecular formula is C27H29N5O4S. The molecule has 3 fully saturated rings. The standard InChI is InChI=1S/C27H29N5O4S/c1-2-36-25-16-28-15-22(30-25)17-6-8-20(9-7-17)29-26(33)27(13-18-12-19(18)14-27)23-4-3-5-24(31-23)32-37(34,35)21-10-11-21/h3-9,15-16,18-19,21H,2,10-14H2,1H3,(H,29,33)(H,31,32). The van der Waals surface area contributed by atoms with Crippen LogP contribution in [0.2, 0.25) is 0 Å². The number of amides is 1. The highest BCUT2D eigenvalue weighted by molar-refractivity contribution is 7.93. The highest BCUT2D eigenvalue weighted by Crippen LogP contribution is 2.60. The monoisotopic (exact) mass is 519 g/mol. The van der Waals surface area contributed by atoms with Gasteiger partial charge in [-0.15, -0.1) is 0 Å². The van der Waals surface area contributed by atoms with Crippen LogP contribution in [0.15, 0.2) is 54.9 Å². The van der Waals surface area contributed by atoms with Gasteiger partial charge in [0.15, 0.2) is 0 Å². The molecule has 10 heteroatoms. The van der Waals surface area contributed by atoms with Crippen molar-refractivity contribution in [1.29, 1.82) is 0 Å². The normalized spacial score (nSPS) is 24.2. The summed E-state index contributed by atoms with van der Waals surface area (Å²) in [6, 6.07) is 12.7. The van der Waals surface area contributed by atoms with Gasteiger partial charge in [-0.1, -0.05) is 18.2 Å². The molecule has 1 amide bonds. The maximum absolute atomic E-state index is 13.8. The Morgan fingerprint density at radius 3 is 2.51 bits per heavy atom. The summed E-state index contributed by atoms with van der Waals surface area (Å²) >= 11 is 0. The predicted octanol–water partition coefficient (Wildman–Crippen LogP) is 4.15. The van der Waals surface area contributed by atoms with Crippen molar-refractivity contribution >= 4 is 27.4 Å². The molecule has 2 heterocycles. The van der Waals surface area contributed by atoms with Gasteiger partial charge >= 0.3 is 0 Å². The van der Waals surface area contributed by atoms with E-state index in [4.69, 9.17) is 4.74 Å². The molecule has 3 aliphatic carbocycles. The van der Waals surface area contributed by atoms with Crippen LogP contribution in [0.1, 0.15) is 44.7 Å². The second-order valence-electron chi connectivity index (χ2n) is 10.2. The topological polar surface area (TPSA) is 123 Å². The van der Waals surface area contributed by atoms with Crippen molar-refractivity contribution in [2.24, 2.45) is 11.8 Å². The Balaban J connectivity index is 1.22. The molecule has 1 aromatic carbocycles. The summed E-state index contributed by atoms with van der Waals surface area (Å²) in [4.78, 5) is 27.1. The van der Waals surface area contributed by atoms with Crippen molar-refractivity contribution in [3.63, 3.8) is 0 Å². The second kappa shape index (κ2) is 9.09. The van der Waals surface area contributed by atoms with Gasteiger partial charge in [-0.3, -0.25) is 14.5 Å². The SMILES string of the molecule is CCOc1cncc(-c2ccc(NC(=O)C3(c4cccc(NS(=O)(=O)C5CC5)n4)CC4CC4C3)cc2)n1. The molecular weight excluding hydrogens is 490 g/mol. The van der Waals surface area contributed by atoms with Crippen molar-refractivity contribution in [3.05, 3.63) is 60.6 Å². The Hall–Kier alpha value is -3.53. The van der Waals surface area contributed by atoms with Crippen LogP contribution in [0.4, 0.5) is 11.5 Å². The van der Waals surface area contributed by atoms with Crippen LogP contribution in [0.25, 0.3) is 11.3 Å². The summed E-state index contributed by atoms with van der Waals surface area (Å²) in [5, 5.41) is 2.75. The Kier molecular flexibility index (Phi) is 5.86. The lowest BCUT2D eigenvalue weighted by Gasteiger charge is -2.29. The van der Waals surface area contributed by atoms with Gasteiger partial charge < -0.3 is 10.1 Å². The molecule has 0 spiro atoms. The minimum atomic E-state index is -3.43. The fraction of sp³-hybridized carbons (Fsp3) is 0.407. The number of aromatic nitrogens is 3. The Bertz CT molecular complexity index is 1430. The highest BCUT2D eigenvalue weighted by Gasteiger charge is 2.59. The van der Waals surface area contributed by atoms with E-state index in [1.54, 1.807) is 24.5 Å². The lowest BCUT2D eigenvalue weighted by molar-refractivity contribution is -0.121. The zero-order chi connectivity index (χ0) is 25.6. The molecule has 6 rings (SSSR count). The van der Waals surface area contributed by atoms with E-state index in [1.807, 2.05) is 37.3 Å². The van der Waals surface area contributed by atoms with Gasteiger partial charge in [0.05, 0.1) is 41.1 Å². The third-order valence-electron chi connectivity index (χ3n) is 7.52. The number of ether oxygens (including phenoxy) is 1. The first-order valence-electron chi connectivity index (χ1n) is 12.7. The highest BCUT2D eigenvalue weighted by atomic mass is 32.2. The van der Waals surface area contributed by atoms with E-state index in [2.05, 4.69) is 25.0 Å². The Morgan fingerprint density at radius 2 is 1.81 bits per heavy atom. The summed E-state index contributed by atoms with van der Waals surface area (Å²) in [5.74, 6) is 1.65. The minimum absolute atomic E-state index is 0.111. The van der Waals surface area contributed by atoms with Crippen LogP contribution in [-0.4, -0.2) is 41.1 Å². The first-order valence-corrected chi connectivity index (χ1v) is 14.3. The van der Waals surface area contributed by atoms with Gasteiger partial charge in [0.25, 0.3) is 0 Å². The van der Waals surface area contributed by atoms with Crippen molar-refractivity contribution in [2.75, 3.05) is 16.6 Å². The second-order valence-corrected chi connectivity index (χ2v) is 12.2. The van der Waals surface area contributed by atoms with Crippen molar-refractivity contribution in [1.82, 2.24) is 15.0 Å². The number of carbonyl (C=O) groups is 1. The van der Waals surface area contributed by atoms with Gasteiger partial charge in [0, 0.05) is 11.3 Å². The van der Waals surface area contributed by atoms with E-state index in [-0.39, 0.29) is 17.0 Å². The summed E-state index contributed by atoms with van der Waals surface area (Å²) in [5.41, 5.74) is 2.05. The number of anilines is 2. The molecule has 2 atom stereocenters. The molecule has 0 radical (unpaired) electrons. The number of hydrogen-bond acceptors (Lipinski definition) is 7. The molecule has 3 aliphatic rings. The molecule has 2 N–H and O–H groups in total. The molecule has 9 nitrogen and oxygen atoms in total. The fourth-order valence-corrected chi connectivity index (χ4v) is 6.67. The molecule has 37 heavy (non-hydrogen) atoms. The number of nitrogens with zero attached hydrogens (tertiary/aromatic N) is 3. The number of benzene rings is 1. The van der Waals surface area contributed by atoms with Gasteiger partial charge in [-0.05, 0) is 75.1 Å². The van der Waals surface area contributed by atoms with E-state index >= 15 is 0 Å². The molecule has 3 aromatic rings. The maximum Gasteiger partial charge on any atom is 0.236 e. The molecule has 0 aliphatic heterocycles. The quantitative estimate of drug-likeness (QED) is 0.435. The molecule has 192 valence electrons. The zero-order valence-corrected chi connectivity index (χ0v) is 21.4. The van der Waals surface area contributed by atoms with Crippen molar-refractivity contribution in [3.8, 4) is 17.1 Å². The zero-order valence-electron chi connectivity index (χ0n) is 20.6. The Labute approximate surface area is 216 Å². The average Bonchev–Trinajstić information content (AvgIpc) is 3.83. The van der Waals surface area contributed by atoms with E-state index in [0.29, 0.717) is 67.1 Å². The largest absolute Gasteiger partial charge is 0.477 e. The summed E-state index contributed by atoms with van der Waals surface area (Å²) in [7, 11) is -3.43. The van der Waals surface area contributed by atoms with Crippen LogP contribution < -0.4 is 14.8 Å².